The number of rotatable bonds is 8. The monoisotopic (exact) mass is 286 g/mol. The van der Waals surface area contributed by atoms with Crippen LogP contribution in [0.5, 0.6) is 0 Å². The van der Waals surface area contributed by atoms with Gasteiger partial charge in [0.15, 0.2) is 0 Å². The molecule has 112 valence electrons. The molecule has 2 aromatic rings. The Labute approximate surface area is 125 Å². The van der Waals surface area contributed by atoms with Gasteiger partial charge in [-0.15, -0.1) is 0 Å². The second kappa shape index (κ2) is 6.56. The highest BCUT2D eigenvalue weighted by Crippen LogP contribution is 2.38. The van der Waals surface area contributed by atoms with Gasteiger partial charge in [0, 0.05) is 44.0 Å². The zero-order chi connectivity index (χ0) is 14.5. The standard InChI is InChI=1S/C15H22N6/c1-2-17-13-10-14(20-15(19-13)12-4-5-12)18-6-3-8-21-9-7-16-11-21/h7,9-12H,2-6,8H2,1H3,(H2,17,18,19,20). The summed E-state index contributed by atoms with van der Waals surface area (Å²) in [5.74, 6) is 3.39. The lowest BCUT2D eigenvalue weighted by Crippen LogP contribution is -2.10. The highest BCUT2D eigenvalue weighted by atomic mass is 15.1. The number of imidazole rings is 1. The molecular weight excluding hydrogens is 264 g/mol. The van der Waals surface area contributed by atoms with Crippen molar-refractivity contribution < 1.29 is 0 Å². The van der Waals surface area contributed by atoms with Crippen molar-refractivity contribution in [1.82, 2.24) is 19.5 Å². The molecule has 0 radical (unpaired) electrons. The zero-order valence-electron chi connectivity index (χ0n) is 12.4. The number of aryl methyl sites for hydroxylation is 1. The fraction of sp³-hybridized carbons (Fsp3) is 0.533. The molecule has 2 heterocycles. The van der Waals surface area contributed by atoms with Crippen LogP contribution in [0.2, 0.25) is 0 Å². The van der Waals surface area contributed by atoms with Crippen molar-refractivity contribution in [3.05, 3.63) is 30.6 Å². The molecule has 0 bridgehead atoms. The normalized spacial score (nSPS) is 14.1. The van der Waals surface area contributed by atoms with E-state index in [4.69, 9.17) is 0 Å². The molecule has 3 rings (SSSR count). The number of nitrogens with zero attached hydrogens (tertiary/aromatic N) is 4. The van der Waals surface area contributed by atoms with Crippen molar-refractivity contribution in [2.45, 2.75) is 38.6 Å². The molecular formula is C15H22N6. The van der Waals surface area contributed by atoms with Crippen LogP contribution in [0.1, 0.15) is 37.9 Å². The topological polar surface area (TPSA) is 67.7 Å². The maximum Gasteiger partial charge on any atom is 0.136 e. The summed E-state index contributed by atoms with van der Waals surface area (Å²) in [6.07, 6.45) is 9.11. The third kappa shape index (κ3) is 3.93. The molecule has 2 aromatic heterocycles. The molecule has 0 aromatic carbocycles. The average Bonchev–Trinajstić information content (AvgIpc) is 3.21. The van der Waals surface area contributed by atoms with Gasteiger partial charge in [-0.25, -0.2) is 15.0 Å². The number of hydrogen-bond acceptors (Lipinski definition) is 5. The Morgan fingerprint density at radius 3 is 2.71 bits per heavy atom. The van der Waals surface area contributed by atoms with E-state index in [0.717, 1.165) is 43.5 Å². The minimum Gasteiger partial charge on any atom is -0.370 e. The summed E-state index contributed by atoms with van der Waals surface area (Å²) in [4.78, 5) is 13.3. The van der Waals surface area contributed by atoms with E-state index in [1.54, 1.807) is 0 Å². The van der Waals surface area contributed by atoms with Gasteiger partial charge in [0.2, 0.25) is 0 Å². The minimum atomic E-state index is 0.565. The lowest BCUT2D eigenvalue weighted by molar-refractivity contribution is 0.659. The van der Waals surface area contributed by atoms with E-state index >= 15 is 0 Å². The molecule has 1 aliphatic carbocycles. The van der Waals surface area contributed by atoms with E-state index in [0.29, 0.717) is 5.92 Å². The number of hydrogen-bond donors (Lipinski definition) is 2. The summed E-state index contributed by atoms with van der Waals surface area (Å²) in [6, 6.07) is 1.99. The van der Waals surface area contributed by atoms with E-state index in [1.807, 2.05) is 24.8 Å². The third-order valence-corrected chi connectivity index (χ3v) is 3.50. The van der Waals surface area contributed by atoms with Gasteiger partial charge in [-0.1, -0.05) is 0 Å². The number of nitrogens with one attached hydrogen (secondary N) is 2. The molecule has 21 heavy (non-hydrogen) atoms. The molecule has 1 fully saturated rings. The molecule has 0 spiro atoms. The van der Waals surface area contributed by atoms with Gasteiger partial charge in [-0.2, -0.15) is 0 Å². The van der Waals surface area contributed by atoms with Crippen LogP contribution < -0.4 is 10.6 Å². The number of anilines is 2. The van der Waals surface area contributed by atoms with E-state index in [1.165, 1.54) is 12.8 Å². The van der Waals surface area contributed by atoms with E-state index < -0.39 is 0 Å². The van der Waals surface area contributed by atoms with Crippen LogP contribution in [0, 0.1) is 0 Å². The van der Waals surface area contributed by atoms with E-state index in [-0.39, 0.29) is 0 Å². The fourth-order valence-corrected chi connectivity index (χ4v) is 2.25. The zero-order valence-corrected chi connectivity index (χ0v) is 12.4. The molecule has 2 N–H and O–H groups in total. The van der Waals surface area contributed by atoms with Gasteiger partial charge >= 0.3 is 0 Å². The third-order valence-electron chi connectivity index (χ3n) is 3.50. The molecule has 6 heteroatoms. The molecule has 0 atom stereocenters. The van der Waals surface area contributed by atoms with Gasteiger partial charge in [0.25, 0.3) is 0 Å². The summed E-state index contributed by atoms with van der Waals surface area (Å²) in [5, 5.41) is 6.68. The first-order valence-corrected chi connectivity index (χ1v) is 7.67. The minimum absolute atomic E-state index is 0.565. The summed E-state index contributed by atoms with van der Waals surface area (Å²) >= 11 is 0. The van der Waals surface area contributed by atoms with Gasteiger partial charge in [-0.05, 0) is 26.2 Å². The van der Waals surface area contributed by atoms with Gasteiger partial charge < -0.3 is 15.2 Å². The van der Waals surface area contributed by atoms with Crippen molar-refractivity contribution in [3.8, 4) is 0 Å². The van der Waals surface area contributed by atoms with Crippen molar-refractivity contribution in [1.29, 1.82) is 0 Å². The molecule has 0 unspecified atom stereocenters. The van der Waals surface area contributed by atoms with Crippen LogP contribution in [-0.2, 0) is 6.54 Å². The summed E-state index contributed by atoms with van der Waals surface area (Å²) in [6.45, 7) is 4.82. The van der Waals surface area contributed by atoms with Crippen molar-refractivity contribution in [3.63, 3.8) is 0 Å². The molecule has 0 aliphatic heterocycles. The maximum absolute atomic E-state index is 4.63. The Balaban J connectivity index is 1.55. The fourth-order valence-electron chi connectivity index (χ4n) is 2.25. The van der Waals surface area contributed by atoms with Crippen molar-refractivity contribution >= 4 is 11.6 Å². The summed E-state index contributed by atoms with van der Waals surface area (Å²) in [5.41, 5.74) is 0. The Bertz CT molecular complexity index is 562. The highest BCUT2D eigenvalue weighted by Gasteiger charge is 2.27. The van der Waals surface area contributed by atoms with Crippen LogP contribution in [-0.4, -0.2) is 32.6 Å². The summed E-state index contributed by atoms with van der Waals surface area (Å²) in [7, 11) is 0. The van der Waals surface area contributed by atoms with Crippen LogP contribution in [0.4, 0.5) is 11.6 Å². The first-order valence-electron chi connectivity index (χ1n) is 7.67. The predicted molar refractivity (Wildman–Crippen MR) is 83.5 cm³/mol. The van der Waals surface area contributed by atoms with Crippen molar-refractivity contribution in [2.75, 3.05) is 23.7 Å². The maximum atomic E-state index is 4.63. The molecule has 6 nitrogen and oxygen atoms in total. The lowest BCUT2D eigenvalue weighted by Gasteiger charge is -2.10. The van der Waals surface area contributed by atoms with Crippen LogP contribution in [0.3, 0.4) is 0 Å². The SMILES string of the molecule is CCNc1cc(NCCCn2ccnc2)nc(C2CC2)n1. The van der Waals surface area contributed by atoms with Crippen LogP contribution >= 0.6 is 0 Å². The quantitative estimate of drug-likeness (QED) is 0.730. The Morgan fingerprint density at radius 1 is 1.24 bits per heavy atom. The highest BCUT2D eigenvalue weighted by molar-refractivity contribution is 5.48. The molecule has 1 saturated carbocycles. The lowest BCUT2D eigenvalue weighted by atomic mass is 10.3. The van der Waals surface area contributed by atoms with Crippen LogP contribution in [0.15, 0.2) is 24.8 Å². The second-order valence-electron chi connectivity index (χ2n) is 5.38. The summed E-state index contributed by atoms with van der Waals surface area (Å²) < 4.78 is 2.08. The number of aromatic nitrogens is 4. The van der Waals surface area contributed by atoms with E-state index in [9.17, 15) is 0 Å². The first kappa shape index (κ1) is 13.9. The Hall–Kier alpha value is -2.11. The molecule has 0 amide bonds. The second-order valence-corrected chi connectivity index (χ2v) is 5.38. The van der Waals surface area contributed by atoms with E-state index in [2.05, 4.69) is 37.1 Å². The molecule has 0 saturated heterocycles. The smallest absolute Gasteiger partial charge is 0.136 e. The van der Waals surface area contributed by atoms with Gasteiger partial charge in [0.05, 0.1) is 6.33 Å². The Morgan fingerprint density at radius 2 is 2.05 bits per heavy atom. The van der Waals surface area contributed by atoms with Gasteiger partial charge in [-0.3, -0.25) is 0 Å². The van der Waals surface area contributed by atoms with Crippen molar-refractivity contribution in [2.24, 2.45) is 0 Å². The van der Waals surface area contributed by atoms with Gasteiger partial charge in [0.1, 0.15) is 17.5 Å². The Kier molecular flexibility index (Phi) is 4.33. The largest absolute Gasteiger partial charge is 0.370 e. The predicted octanol–water partition coefficient (Wildman–Crippen LogP) is 2.48. The average molecular weight is 286 g/mol. The molecule has 1 aliphatic rings. The van der Waals surface area contributed by atoms with Crippen LogP contribution in [0.25, 0.3) is 0 Å². The first-order chi connectivity index (χ1) is 10.3.